The average Bonchev–Trinajstić information content (AvgIpc) is 2.11. The summed E-state index contributed by atoms with van der Waals surface area (Å²) in [6.07, 6.45) is -2.10. The zero-order chi connectivity index (χ0) is 10.7. The Kier molecular flexibility index (Phi) is 2.82. The van der Waals surface area contributed by atoms with Crippen molar-refractivity contribution >= 4 is 5.69 Å². The summed E-state index contributed by atoms with van der Waals surface area (Å²) in [6, 6.07) is 1.72. The van der Waals surface area contributed by atoms with Crippen LogP contribution in [0.25, 0.3) is 0 Å². The van der Waals surface area contributed by atoms with Crippen LogP contribution in [0.4, 0.5) is 14.5 Å². The summed E-state index contributed by atoms with van der Waals surface area (Å²) in [6.45, 7) is 0. The summed E-state index contributed by atoms with van der Waals surface area (Å²) in [5.74, 6) is -0.693. The fourth-order valence-corrected chi connectivity index (χ4v) is 0.994. The van der Waals surface area contributed by atoms with Crippen molar-refractivity contribution < 1.29 is 13.9 Å². The largest absolute Gasteiger partial charge is 0.505 e. The number of aromatic nitrogens is 1. The maximum absolute atomic E-state index is 12.2. The summed E-state index contributed by atoms with van der Waals surface area (Å²) in [7, 11) is 0. The molecule has 0 fully saturated rings. The number of rotatable bonds is 2. The Morgan fingerprint density at radius 1 is 1.64 bits per heavy atom. The predicted molar refractivity (Wildman–Crippen MR) is 44.6 cm³/mol. The third kappa shape index (κ3) is 1.71. The first-order valence-electron chi connectivity index (χ1n) is 3.69. The minimum absolute atomic E-state index is 0.00204. The smallest absolute Gasteiger partial charge is 0.284 e. The molecule has 0 bridgehead atoms. The van der Waals surface area contributed by atoms with Crippen LogP contribution in [0.2, 0.25) is 0 Å². The molecule has 4 nitrogen and oxygen atoms in total. The maximum atomic E-state index is 12.2. The van der Waals surface area contributed by atoms with Gasteiger partial charge in [-0.1, -0.05) is 0 Å². The van der Waals surface area contributed by atoms with E-state index in [9.17, 15) is 13.9 Å². The molecule has 0 unspecified atom stereocenters. The molecule has 0 amide bonds. The topological polar surface area (TPSA) is 82.9 Å². The molecule has 0 saturated heterocycles. The summed E-state index contributed by atoms with van der Waals surface area (Å²) < 4.78 is 24.5. The summed E-state index contributed by atoms with van der Waals surface area (Å²) in [5.41, 5.74) is 4.65. The lowest BCUT2D eigenvalue weighted by Crippen LogP contribution is -2.00. The number of hydrogen-bond acceptors (Lipinski definition) is 4. The molecule has 0 aliphatic heterocycles. The van der Waals surface area contributed by atoms with Crippen LogP contribution in [0.15, 0.2) is 6.20 Å². The van der Waals surface area contributed by atoms with E-state index in [1.807, 2.05) is 0 Å². The van der Waals surface area contributed by atoms with Crippen molar-refractivity contribution in [3.8, 4) is 11.8 Å². The third-order valence-electron chi connectivity index (χ3n) is 1.68. The van der Waals surface area contributed by atoms with E-state index >= 15 is 0 Å². The van der Waals surface area contributed by atoms with Gasteiger partial charge in [-0.15, -0.1) is 0 Å². The molecule has 74 valence electrons. The Morgan fingerprint density at radius 2 is 2.29 bits per heavy atom. The minimum atomic E-state index is -2.88. The lowest BCUT2D eigenvalue weighted by atomic mass is 10.1. The SMILES string of the molecule is N#CCc1c(N)cnc(C(F)F)c1O. The first-order chi connectivity index (χ1) is 6.57. The second-order valence-electron chi connectivity index (χ2n) is 2.56. The number of aromatic hydroxyl groups is 1. The molecule has 1 aromatic heterocycles. The minimum Gasteiger partial charge on any atom is -0.505 e. The quantitative estimate of drug-likeness (QED) is 0.753. The summed E-state index contributed by atoms with van der Waals surface area (Å²) in [4.78, 5) is 3.29. The van der Waals surface area contributed by atoms with Gasteiger partial charge < -0.3 is 10.8 Å². The molecule has 0 radical (unpaired) electrons. The van der Waals surface area contributed by atoms with Gasteiger partial charge in [0.1, 0.15) is 11.4 Å². The van der Waals surface area contributed by atoms with E-state index in [0.717, 1.165) is 6.20 Å². The van der Waals surface area contributed by atoms with E-state index < -0.39 is 17.9 Å². The monoisotopic (exact) mass is 199 g/mol. The normalized spacial score (nSPS) is 10.1. The van der Waals surface area contributed by atoms with Gasteiger partial charge in [-0.25, -0.2) is 13.8 Å². The second-order valence-corrected chi connectivity index (χ2v) is 2.56. The number of nitriles is 1. The van der Waals surface area contributed by atoms with Gasteiger partial charge >= 0.3 is 0 Å². The number of alkyl halides is 2. The fourth-order valence-electron chi connectivity index (χ4n) is 0.994. The predicted octanol–water partition coefficient (Wildman–Crippen LogP) is 1.37. The lowest BCUT2D eigenvalue weighted by molar-refractivity contribution is 0.141. The first-order valence-corrected chi connectivity index (χ1v) is 3.69. The highest BCUT2D eigenvalue weighted by molar-refractivity contribution is 5.55. The van der Waals surface area contributed by atoms with E-state index in [1.165, 1.54) is 0 Å². The molecule has 0 aliphatic rings. The van der Waals surface area contributed by atoms with Crippen molar-refractivity contribution in [2.24, 2.45) is 0 Å². The number of nitrogens with two attached hydrogens (primary N) is 1. The van der Waals surface area contributed by atoms with Crippen LogP contribution in [0.5, 0.6) is 5.75 Å². The van der Waals surface area contributed by atoms with Gasteiger partial charge in [-0.2, -0.15) is 5.26 Å². The highest BCUT2D eigenvalue weighted by atomic mass is 19.3. The summed E-state index contributed by atoms with van der Waals surface area (Å²) in [5, 5.41) is 17.7. The molecule has 0 atom stereocenters. The molecule has 3 N–H and O–H groups in total. The molecule has 0 saturated carbocycles. The van der Waals surface area contributed by atoms with Gasteiger partial charge in [0, 0.05) is 5.56 Å². The number of nitrogen functional groups attached to an aromatic ring is 1. The number of pyridine rings is 1. The molecule has 0 aliphatic carbocycles. The molecule has 0 spiro atoms. The maximum Gasteiger partial charge on any atom is 0.284 e. The van der Waals surface area contributed by atoms with Crippen molar-refractivity contribution in [2.75, 3.05) is 5.73 Å². The molecule has 1 aromatic rings. The molecule has 6 heteroatoms. The van der Waals surface area contributed by atoms with Crippen LogP contribution in [-0.4, -0.2) is 10.1 Å². The van der Waals surface area contributed by atoms with Gasteiger partial charge in [0.2, 0.25) is 0 Å². The summed E-state index contributed by atoms with van der Waals surface area (Å²) >= 11 is 0. The Morgan fingerprint density at radius 3 is 2.79 bits per heavy atom. The van der Waals surface area contributed by atoms with Crippen molar-refractivity contribution in [3.63, 3.8) is 0 Å². The van der Waals surface area contributed by atoms with E-state index in [4.69, 9.17) is 11.0 Å². The van der Waals surface area contributed by atoms with Crippen LogP contribution in [0, 0.1) is 11.3 Å². The second kappa shape index (κ2) is 3.87. The number of halogens is 2. The average molecular weight is 199 g/mol. The number of nitrogens with zero attached hydrogens (tertiary/aromatic N) is 2. The van der Waals surface area contributed by atoms with Crippen molar-refractivity contribution in [1.82, 2.24) is 4.98 Å². The first kappa shape index (κ1) is 10.2. The van der Waals surface area contributed by atoms with E-state index in [2.05, 4.69) is 4.98 Å². The highest BCUT2D eigenvalue weighted by Gasteiger charge is 2.19. The van der Waals surface area contributed by atoms with Gasteiger partial charge in [-0.05, 0) is 0 Å². The van der Waals surface area contributed by atoms with E-state index in [-0.39, 0.29) is 17.7 Å². The Labute approximate surface area is 78.6 Å². The molecule has 1 rings (SSSR count). The molecule has 1 heterocycles. The van der Waals surface area contributed by atoms with Crippen LogP contribution < -0.4 is 5.73 Å². The number of anilines is 1. The Bertz CT molecular complexity index is 387. The van der Waals surface area contributed by atoms with Crippen LogP contribution in [0.3, 0.4) is 0 Å². The molecular weight excluding hydrogens is 192 g/mol. The van der Waals surface area contributed by atoms with Crippen LogP contribution >= 0.6 is 0 Å². The number of hydrogen-bond donors (Lipinski definition) is 2. The van der Waals surface area contributed by atoms with Gasteiger partial charge in [0.15, 0.2) is 0 Å². The Hall–Kier alpha value is -1.90. The molecule has 0 aromatic carbocycles. The van der Waals surface area contributed by atoms with Crippen molar-refractivity contribution in [1.29, 1.82) is 5.26 Å². The third-order valence-corrected chi connectivity index (χ3v) is 1.68. The highest BCUT2D eigenvalue weighted by Crippen LogP contribution is 2.32. The van der Waals surface area contributed by atoms with E-state index in [1.54, 1.807) is 6.07 Å². The van der Waals surface area contributed by atoms with Crippen molar-refractivity contribution in [2.45, 2.75) is 12.8 Å². The zero-order valence-corrected chi connectivity index (χ0v) is 7.04. The standard InChI is InChI=1S/C8H7F2N3O/c9-8(10)6-7(14)4(1-2-11)5(12)3-13-6/h3,8,14H,1,12H2. The van der Waals surface area contributed by atoms with Crippen LogP contribution in [-0.2, 0) is 6.42 Å². The Balaban J connectivity index is 3.27. The molecular formula is C8H7F2N3O. The van der Waals surface area contributed by atoms with Crippen LogP contribution in [0.1, 0.15) is 17.7 Å². The lowest BCUT2D eigenvalue weighted by Gasteiger charge is -2.08. The van der Waals surface area contributed by atoms with Gasteiger partial charge in [0.05, 0.1) is 24.4 Å². The van der Waals surface area contributed by atoms with Crippen molar-refractivity contribution in [3.05, 3.63) is 17.5 Å². The molecule has 14 heavy (non-hydrogen) atoms. The zero-order valence-electron chi connectivity index (χ0n) is 7.04. The fraction of sp³-hybridized carbons (Fsp3) is 0.250. The van der Waals surface area contributed by atoms with E-state index in [0.29, 0.717) is 0 Å². The van der Waals surface area contributed by atoms with Gasteiger partial charge in [-0.3, -0.25) is 0 Å². The van der Waals surface area contributed by atoms with Gasteiger partial charge in [0.25, 0.3) is 6.43 Å².